The minimum Gasteiger partial charge on any atom is -0.388 e. The van der Waals surface area contributed by atoms with Gasteiger partial charge >= 0.3 is 0 Å². The first-order chi connectivity index (χ1) is 7.77. The number of rotatable bonds is 3. The van der Waals surface area contributed by atoms with E-state index in [4.69, 9.17) is 4.74 Å². The lowest BCUT2D eigenvalue weighted by Crippen LogP contribution is -2.21. The third-order valence-electron chi connectivity index (χ3n) is 3.31. The maximum Gasteiger partial charge on any atom is 0.0817 e. The van der Waals surface area contributed by atoms with Gasteiger partial charge in [-0.2, -0.15) is 0 Å². The van der Waals surface area contributed by atoms with Crippen LogP contribution in [-0.4, -0.2) is 17.8 Å². The summed E-state index contributed by atoms with van der Waals surface area (Å²) in [6.45, 7) is 2.89. The summed E-state index contributed by atoms with van der Waals surface area (Å²) in [6, 6.07) is 8.03. The second kappa shape index (κ2) is 5.46. The van der Waals surface area contributed by atoms with E-state index in [9.17, 15) is 5.11 Å². The van der Waals surface area contributed by atoms with Crippen molar-refractivity contribution in [2.45, 2.75) is 44.8 Å². The Morgan fingerprint density at radius 1 is 1.38 bits per heavy atom. The average molecular weight is 220 g/mol. The molecular formula is C14H20O2. The maximum absolute atomic E-state index is 10.2. The molecule has 0 aromatic heterocycles. The molecule has 88 valence electrons. The predicted molar refractivity (Wildman–Crippen MR) is 64.3 cm³/mol. The molecule has 1 aromatic carbocycles. The van der Waals surface area contributed by atoms with Gasteiger partial charge in [-0.05, 0) is 37.3 Å². The van der Waals surface area contributed by atoms with E-state index in [1.807, 2.05) is 31.2 Å². The van der Waals surface area contributed by atoms with Gasteiger partial charge in [0.2, 0.25) is 0 Å². The number of aliphatic hydroxyl groups excluding tert-OH is 1. The highest BCUT2D eigenvalue weighted by molar-refractivity contribution is 5.27. The highest BCUT2D eigenvalue weighted by atomic mass is 16.5. The Morgan fingerprint density at radius 3 is 2.88 bits per heavy atom. The number of hydrogen-bond donors (Lipinski definition) is 1. The minimum absolute atomic E-state index is 0.239. The number of hydrogen-bond acceptors (Lipinski definition) is 2. The fourth-order valence-corrected chi connectivity index (χ4v) is 2.33. The van der Waals surface area contributed by atoms with Crippen LogP contribution in [0, 0.1) is 6.92 Å². The van der Waals surface area contributed by atoms with Crippen LogP contribution in [0.25, 0.3) is 0 Å². The van der Waals surface area contributed by atoms with Crippen molar-refractivity contribution in [3.8, 4) is 0 Å². The van der Waals surface area contributed by atoms with Crippen molar-refractivity contribution < 1.29 is 9.84 Å². The molecular weight excluding hydrogens is 200 g/mol. The third kappa shape index (κ3) is 2.83. The Labute approximate surface area is 97.3 Å². The van der Waals surface area contributed by atoms with E-state index in [-0.39, 0.29) is 12.2 Å². The van der Waals surface area contributed by atoms with Gasteiger partial charge < -0.3 is 9.84 Å². The minimum atomic E-state index is -0.385. The molecule has 2 rings (SSSR count). The third-order valence-corrected chi connectivity index (χ3v) is 3.31. The normalized spacial score (nSPS) is 23.0. The Hall–Kier alpha value is -0.860. The van der Waals surface area contributed by atoms with Gasteiger partial charge in [-0.1, -0.05) is 24.3 Å². The van der Waals surface area contributed by atoms with Crippen molar-refractivity contribution in [1.29, 1.82) is 0 Å². The van der Waals surface area contributed by atoms with Gasteiger partial charge in [0.1, 0.15) is 0 Å². The Morgan fingerprint density at radius 2 is 2.19 bits per heavy atom. The summed E-state index contributed by atoms with van der Waals surface area (Å²) in [5.74, 6) is 0. The summed E-state index contributed by atoms with van der Waals surface area (Å²) in [4.78, 5) is 0. The average Bonchev–Trinajstić information content (AvgIpc) is 2.31. The van der Waals surface area contributed by atoms with Gasteiger partial charge in [-0.3, -0.25) is 0 Å². The summed E-state index contributed by atoms with van der Waals surface area (Å²) in [5.41, 5.74) is 2.20. The second-order valence-electron chi connectivity index (χ2n) is 4.60. The molecule has 2 unspecified atom stereocenters. The highest BCUT2D eigenvalue weighted by Crippen LogP contribution is 2.26. The summed E-state index contributed by atoms with van der Waals surface area (Å²) in [5, 5.41) is 10.2. The zero-order valence-corrected chi connectivity index (χ0v) is 9.86. The van der Waals surface area contributed by atoms with Crippen LogP contribution in [0.1, 0.15) is 42.9 Å². The molecule has 0 saturated carbocycles. The predicted octanol–water partition coefficient (Wildman–Crippen LogP) is 2.99. The number of aryl methyl sites for hydroxylation is 1. The van der Waals surface area contributed by atoms with Crippen molar-refractivity contribution in [2.24, 2.45) is 0 Å². The lowest BCUT2D eigenvalue weighted by Gasteiger charge is -2.25. The van der Waals surface area contributed by atoms with Crippen molar-refractivity contribution in [3.63, 3.8) is 0 Å². The van der Waals surface area contributed by atoms with Gasteiger partial charge in [0.05, 0.1) is 12.2 Å². The van der Waals surface area contributed by atoms with Crippen molar-refractivity contribution in [3.05, 3.63) is 35.4 Å². The molecule has 0 radical (unpaired) electrons. The van der Waals surface area contributed by atoms with Crippen LogP contribution in [0.2, 0.25) is 0 Å². The van der Waals surface area contributed by atoms with Crippen LogP contribution in [0.4, 0.5) is 0 Å². The van der Waals surface area contributed by atoms with Crippen LogP contribution >= 0.6 is 0 Å². The molecule has 1 aliphatic heterocycles. The highest BCUT2D eigenvalue weighted by Gasteiger charge is 2.19. The van der Waals surface area contributed by atoms with E-state index >= 15 is 0 Å². The van der Waals surface area contributed by atoms with E-state index in [1.54, 1.807) is 0 Å². The van der Waals surface area contributed by atoms with E-state index in [2.05, 4.69) is 0 Å². The molecule has 1 aromatic rings. The molecule has 1 N–H and O–H groups in total. The summed E-state index contributed by atoms with van der Waals surface area (Å²) < 4.78 is 5.65. The molecule has 2 atom stereocenters. The Balaban J connectivity index is 1.96. The van der Waals surface area contributed by atoms with Gasteiger partial charge in [0, 0.05) is 13.0 Å². The van der Waals surface area contributed by atoms with Crippen LogP contribution in [0.15, 0.2) is 24.3 Å². The Kier molecular flexibility index (Phi) is 3.97. The van der Waals surface area contributed by atoms with Crippen molar-refractivity contribution in [2.75, 3.05) is 6.61 Å². The molecule has 1 heterocycles. The molecule has 16 heavy (non-hydrogen) atoms. The molecule has 0 bridgehead atoms. The molecule has 1 aliphatic rings. The van der Waals surface area contributed by atoms with Gasteiger partial charge in [0.25, 0.3) is 0 Å². The van der Waals surface area contributed by atoms with E-state index in [1.165, 1.54) is 6.42 Å². The van der Waals surface area contributed by atoms with Crippen molar-refractivity contribution in [1.82, 2.24) is 0 Å². The largest absolute Gasteiger partial charge is 0.388 e. The Bertz CT molecular complexity index is 329. The number of ether oxygens (including phenoxy) is 1. The fraction of sp³-hybridized carbons (Fsp3) is 0.571. The van der Waals surface area contributed by atoms with Gasteiger partial charge in [-0.25, -0.2) is 0 Å². The number of aliphatic hydroxyl groups is 1. The molecule has 1 saturated heterocycles. The van der Waals surface area contributed by atoms with Crippen LogP contribution in [0.5, 0.6) is 0 Å². The second-order valence-corrected chi connectivity index (χ2v) is 4.60. The summed E-state index contributed by atoms with van der Waals surface area (Å²) >= 11 is 0. The molecule has 0 spiro atoms. The van der Waals surface area contributed by atoms with Crippen LogP contribution < -0.4 is 0 Å². The number of benzene rings is 1. The first-order valence-electron chi connectivity index (χ1n) is 6.12. The summed E-state index contributed by atoms with van der Waals surface area (Å²) in [7, 11) is 0. The topological polar surface area (TPSA) is 29.5 Å². The molecule has 2 nitrogen and oxygen atoms in total. The van der Waals surface area contributed by atoms with Crippen molar-refractivity contribution >= 4 is 0 Å². The SMILES string of the molecule is Cc1ccccc1C(O)CC1CCCCO1. The molecule has 1 fully saturated rings. The first-order valence-corrected chi connectivity index (χ1v) is 6.12. The zero-order valence-electron chi connectivity index (χ0n) is 9.86. The standard InChI is InChI=1S/C14H20O2/c1-11-6-2-3-8-13(11)14(15)10-12-7-4-5-9-16-12/h2-3,6,8,12,14-15H,4-5,7,9-10H2,1H3. The quantitative estimate of drug-likeness (QED) is 0.848. The summed E-state index contributed by atoms with van der Waals surface area (Å²) in [6.07, 6.45) is 4.06. The van der Waals surface area contributed by atoms with Gasteiger partial charge in [0.15, 0.2) is 0 Å². The molecule has 0 aliphatic carbocycles. The smallest absolute Gasteiger partial charge is 0.0817 e. The molecule has 2 heteroatoms. The zero-order chi connectivity index (χ0) is 11.4. The van der Waals surface area contributed by atoms with E-state index < -0.39 is 0 Å². The van der Waals surface area contributed by atoms with Crippen LogP contribution in [-0.2, 0) is 4.74 Å². The van der Waals surface area contributed by atoms with E-state index in [0.717, 1.165) is 37.0 Å². The fourth-order valence-electron chi connectivity index (χ4n) is 2.33. The van der Waals surface area contributed by atoms with E-state index in [0.29, 0.717) is 0 Å². The van der Waals surface area contributed by atoms with Crippen LogP contribution in [0.3, 0.4) is 0 Å². The van der Waals surface area contributed by atoms with Gasteiger partial charge in [-0.15, -0.1) is 0 Å². The maximum atomic E-state index is 10.2. The monoisotopic (exact) mass is 220 g/mol. The lowest BCUT2D eigenvalue weighted by atomic mass is 9.96. The lowest BCUT2D eigenvalue weighted by molar-refractivity contribution is -0.0156. The molecule has 0 amide bonds. The first kappa shape index (κ1) is 11.6.